The van der Waals surface area contributed by atoms with Gasteiger partial charge in [0.25, 0.3) is 5.91 Å². The Morgan fingerprint density at radius 2 is 2.11 bits per heavy atom. The number of benzene rings is 1. The van der Waals surface area contributed by atoms with Gasteiger partial charge in [-0.25, -0.2) is 4.39 Å². The van der Waals surface area contributed by atoms with E-state index >= 15 is 0 Å². The molecule has 0 aliphatic heterocycles. The van der Waals surface area contributed by atoms with Gasteiger partial charge in [-0.1, -0.05) is 23.7 Å². The van der Waals surface area contributed by atoms with Gasteiger partial charge in [0.05, 0.1) is 6.54 Å². The smallest absolute Gasteiger partial charge is 0.272 e. The summed E-state index contributed by atoms with van der Waals surface area (Å²) in [7, 11) is 1.58. The van der Waals surface area contributed by atoms with Crippen molar-refractivity contribution in [1.29, 1.82) is 0 Å². The topological polar surface area (TPSA) is 33.2 Å². The molecule has 1 aromatic heterocycles. The molecule has 0 spiro atoms. The molecule has 0 N–H and O–H groups in total. The number of carbonyl (C=O) groups is 1. The number of pyridine rings is 1. The average Bonchev–Trinajstić information content (AvgIpc) is 2.43. The van der Waals surface area contributed by atoms with Crippen LogP contribution in [0.3, 0.4) is 0 Å². The molecule has 0 radical (unpaired) electrons. The normalized spacial score (nSPS) is 10.3. The molecule has 0 aliphatic carbocycles. The minimum absolute atomic E-state index is 0.0981. The van der Waals surface area contributed by atoms with Crippen LogP contribution in [-0.4, -0.2) is 22.8 Å². The molecule has 19 heavy (non-hydrogen) atoms. The van der Waals surface area contributed by atoms with Crippen molar-refractivity contribution in [2.75, 3.05) is 7.05 Å². The largest absolute Gasteiger partial charge is 0.336 e. The van der Waals surface area contributed by atoms with E-state index in [9.17, 15) is 9.18 Å². The fourth-order valence-corrected chi connectivity index (χ4v) is 1.90. The molecule has 0 bridgehead atoms. The van der Waals surface area contributed by atoms with Crippen LogP contribution in [0.4, 0.5) is 4.39 Å². The van der Waals surface area contributed by atoms with E-state index in [-0.39, 0.29) is 12.5 Å². The van der Waals surface area contributed by atoms with E-state index < -0.39 is 5.82 Å². The Morgan fingerprint density at radius 3 is 2.74 bits per heavy atom. The van der Waals surface area contributed by atoms with Gasteiger partial charge in [-0.15, -0.1) is 0 Å². The second kappa shape index (κ2) is 5.80. The Balaban J connectivity index is 2.18. The molecule has 0 fully saturated rings. The van der Waals surface area contributed by atoms with Crippen LogP contribution in [0.2, 0.25) is 5.02 Å². The maximum Gasteiger partial charge on any atom is 0.272 e. The molecule has 2 aromatic rings. The fraction of sp³-hybridized carbons (Fsp3) is 0.143. The van der Waals surface area contributed by atoms with Crippen LogP contribution in [-0.2, 0) is 6.54 Å². The van der Waals surface area contributed by atoms with Crippen LogP contribution >= 0.6 is 11.6 Å². The minimum atomic E-state index is -0.423. The number of amides is 1. The van der Waals surface area contributed by atoms with Gasteiger partial charge in [0, 0.05) is 23.8 Å². The van der Waals surface area contributed by atoms with E-state index in [1.807, 2.05) is 0 Å². The third-order valence-electron chi connectivity index (χ3n) is 2.69. The summed E-state index contributed by atoms with van der Waals surface area (Å²) in [6.45, 7) is 0.0981. The van der Waals surface area contributed by atoms with E-state index in [1.165, 1.54) is 23.2 Å². The monoisotopic (exact) mass is 278 g/mol. The van der Waals surface area contributed by atoms with Gasteiger partial charge in [0.1, 0.15) is 11.5 Å². The van der Waals surface area contributed by atoms with Crippen LogP contribution in [0, 0.1) is 5.82 Å². The van der Waals surface area contributed by atoms with Crippen LogP contribution < -0.4 is 0 Å². The zero-order chi connectivity index (χ0) is 13.8. The SMILES string of the molecule is CN(Cc1c(F)cccc1Cl)C(=O)c1ccccn1. The zero-order valence-corrected chi connectivity index (χ0v) is 11.1. The maximum atomic E-state index is 13.6. The molecule has 5 heteroatoms. The Bertz CT molecular complexity index is 569. The predicted octanol–water partition coefficient (Wildman–Crippen LogP) is 3.15. The van der Waals surface area contributed by atoms with Crippen LogP contribution in [0.15, 0.2) is 42.6 Å². The molecular weight excluding hydrogens is 267 g/mol. The van der Waals surface area contributed by atoms with Crippen LogP contribution in [0.1, 0.15) is 16.1 Å². The van der Waals surface area contributed by atoms with Gasteiger partial charge >= 0.3 is 0 Å². The highest BCUT2D eigenvalue weighted by Crippen LogP contribution is 2.20. The Kier molecular flexibility index (Phi) is 4.12. The second-order valence-electron chi connectivity index (χ2n) is 4.08. The van der Waals surface area contributed by atoms with Gasteiger partial charge in [-0.05, 0) is 24.3 Å². The van der Waals surface area contributed by atoms with Crippen molar-refractivity contribution in [1.82, 2.24) is 9.88 Å². The first-order chi connectivity index (χ1) is 9.09. The number of rotatable bonds is 3. The fourth-order valence-electron chi connectivity index (χ4n) is 1.68. The molecule has 98 valence electrons. The third kappa shape index (κ3) is 3.09. The zero-order valence-electron chi connectivity index (χ0n) is 10.3. The molecule has 0 unspecified atom stereocenters. The number of halogens is 2. The van der Waals surface area contributed by atoms with Crippen molar-refractivity contribution in [3.8, 4) is 0 Å². The average molecular weight is 279 g/mol. The highest BCUT2D eigenvalue weighted by atomic mass is 35.5. The third-order valence-corrected chi connectivity index (χ3v) is 3.04. The van der Waals surface area contributed by atoms with Crippen LogP contribution in [0.5, 0.6) is 0 Å². The summed E-state index contributed by atoms with van der Waals surface area (Å²) in [4.78, 5) is 17.4. The molecule has 1 aromatic carbocycles. The van der Waals surface area contributed by atoms with Gasteiger partial charge in [0.15, 0.2) is 0 Å². The van der Waals surface area contributed by atoms with E-state index in [1.54, 1.807) is 31.3 Å². The summed E-state index contributed by atoms with van der Waals surface area (Å²) in [5, 5.41) is 0.306. The highest BCUT2D eigenvalue weighted by Gasteiger charge is 2.16. The number of hydrogen-bond donors (Lipinski definition) is 0. The van der Waals surface area contributed by atoms with Crippen molar-refractivity contribution >= 4 is 17.5 Å². The molecule has 2 rings (SSSR count). The molecule has 1 amide bonds. The number of nitrogens with zero attached hydrogens (tertiary/aromatic N) is 2. The lowest BCUT2D eigenvalue weighted by atomic mass is 10.2. The van der Waals surface area contributed by atoms with E-state index in [2.05, 4.69) is 4.98 Å². The first-order valence-corrected chi connectivity index (χ1v) is 6.07. The minimum Gasteiger partial charge on any atom is -0.336 e. The van der Waals surface area contributed by atoms with E-state index in [0.29, 0.717) is 16.3 Å². The van der Waals surface area contributed by atoms with Crippen molar-refractivity contribution in [2.45, 2.75) is 6.54 Å². The first-order valence-electron chi connectivity index (χ1n) is 5.69. The van der Waals surface area contributed by atoms with E-state index in [0.717, 1.165) is 0 Å². The van der Waals surface area contributed by atoms with Crippen LogP contribution in [0.25, 0.3) is 0 Å². The standard InChI is InChI=1S/C14H12ClFN2O/c1-18(14(19)13-7-2-3-8-17-13)9-10-11(15)5-4-6-12(10)16/h2-8H,9H2,1H3. The number of aromatic nitrogens is 1. The molecule has 0 atom stereocenters. The lowest BCUT2D eigenvalue weighted by molar-refractivity contribution is 0.0778. The lowest BCUT2D eigenvalue weighted by Crippen LogP contribution is -2.27. The molecule has 0 saturated heterocycles. The molecule has 0 aliphatic rings. The predicted molar refractivity (Wildman–Crippen MR) is 71.4 cm³/mol. The molecule has 1 heterocycles. The summed E-state index contributed by atoms with van der Waals surface area (Å²) in [6, 6.07) is 9.51. The molecular formula is C14H12ClFN2O. The Morgan fingerprint density at radius 1 is 1.32 bits per heavy atom. The number of carbonyl (C=O) groups excluding carboxylic acids is 1. The van der Waals surface area contributed by atoms with Crippen molar-refractivity contribution in [2.24, 2.45) is 0 Å². The van der Waals surface area contributed by atoms with Gasteiger partial charge < -0.3 is 4.90 Å². The van der Waals surface area contributed by atoms with Crippen molar-refractivity contribution < 1.29 is 9.18 Å². The first kappa shape index (κ1) is 13.5. The summed E-state index contributed by atoms with van der Waals surface area (Å²) in [5.41, 5.74) is 0.619. The second-order valence-corrected chi connectivity index (χ2v) is 4.48. The van der Waals surface area contributed by atoms with Crippen molar-refractivity contribution in [3.05, 3.63) is 64.7 Å². The quantitative estimate of drug-likeness (QED) is 0.864. The number of hydrogen-bond acceptors (Lipinski definition) is 2. The summed E-state index contributed by atoms with van der Waals surface area (Å²) in [6.07, 6.45) is 1.54. The van der Waals surface area contributed by atoms with Gasteiger partial charge in [-0.2, -0.15) is 0 Å². The summed E-state index contributed by atoms with van der Waals surface area (Å²) in [5.74, 6) is -0.701. The van der Waals surface area contributed by atoms with Crippen molar-refractivity contribution in [3.63, 3.8) is 0 Å². The molecule has 3 nitrogen and oxygen atoms in total. The molecule has 0 saturated carbocycles. The summed E-state index contributed by atoms with van der Waals surface area (Å²) >= 11 is 5.93. The van der Waals surface area contributed by atoms with Gasteiger partial charge in [-0.3, -0.25) is 9.78 Å². The highest BCUT2D eigenvalue weighted by molar-refractivity contribution is 6.31. The Hall–Kier alpha value is -1.94. The van der Waals surface area contributed by atoms with Gasteiger partial charge in [0.2, 0.25) is 0 Å². The Labute approximate surface area is 115 Å². The van der Waals surface area contributed by atoms with E-state index in [4.69, 9.17) is 11.6 Å². The lowest BCUT2D eigenvalue weighted by Gasteiger charge is -2.17. The maximum absolute atomic E-state index is 13.6. The summed E-state index contributed by atoms with van der Waals surface area (Å²) < 4.78 is 13.6.